The molecule has 1 amide bonds. The zero-order chi connectivity index (χ0) is 20.3. The maximum absolute atomic E-state index is 12.3. The lowest BCUT2D eigenvalue weighted by Crippen LogP contribution is -2.35. The van der Waals surface area contributed by atoms with Crippen molar-refractivity contribution in [3.8, 4) is 0 Å². The van der Waals surface area contributed by atoms with Gasteiger partial charge < -0.3 is 5.32 Å². The minimum absolute atomic E-state index is 0.0765. The summed E-state index contributed by atoms with van der Waals surface area (Å²) >= 11 is 8.34. The first kappa shape index (κ1) is 20.6. The molecule has 3 rings (SSSR count). The number of thiazole rings is 1. The van der Waals surface area contributed by atoms with Gasteiger partial charge in [-0.2, -0.15) is 5.10 Å². The first-order valence-corrected chi connectivity index (χ1v) is 11.4. The van der Waals surface area contributed by atoms with E-state index in [1.165, 1.54) is 34.3 Å². The van der Waals surface area contributed by atoms with E-state index in [9.17, 15) is 13.2 Å². The molecule has 13 heteroatoms. The Hall–Kier alpha value is -2.10. The fraction of sp³-hybridized carbons (Fsp3) is 0.0667. The number of rotatable bonds is 5. The third-order valence-electron chi connectivity index (χ3n) is 3.41. The van der Waals surface area contributed by atoms with E-state index in [0.29, 0.717) is 15.0 Å². The van der Waals surface area contributed by atoms with Gasteiger partial charge in [-0.3, -0.25) is 19.5 Å². The Bertz CT molecular complexity index is 1090. The molecule has 0 unspecified atom stereocenters. The Morgan fingerprint density at radius 3 is 2.57 bits per heavy atom. The maximum Gasteiger partial charge on any atom is 0.276 e. The van der Waals surface area contributed by atoms with Crippen LogP contribution in [-0.4, -0.2) is 34.2 Å². The number of anilines is 2. The van der Waals surface area contributed by atoms with Gasteiger partial charge in [0.05, 0.1) is 14.7 Å². The Balaban J connectivity index is 1.64. The van der Waals surface area contributed by atoms with Crippen LogP contribution in [0.1, 0.15) is 10.5 Å². The van der Waals surface area contributed by atoms with Crippen LogP contribution in [0.2, 0.25) is 0 Å². The van der Waals surface area contributed by atoms with Crippen molar-refractivity contribution in [3.05, 3.63) is 51.3 Å². The molecule has 146 valence electrons. The molecule has 3 aromatic rings. The van der Waals surface area contributed by atoms with Crippen molar-refractivity contribution in [3.63, 3.8) is 0 Å². The maximum atomic E-state index is 12.3. The highest BCUT2D eigenvalue weighted by atomic mass is 127. The summed E-state index contributed by atoms with van der Waals surface area (Å²) < 4.78 is 29.2. The number of hydrogen-bond donors (Lipinski definition) is 3. The number of thiocarbonyl (C=S) groups is 1. The van der Waals surface area contributed by atoms with E-state index < -0.39 is 15.9 Å². The molecule has 0 aliphatic heterocycles. The lowest BCUT2D eigenvalue weighted by Gasteiger charge is -2.11. The van der Waals surface area contributed by atoms with Crippen LogP contribution in [0.3, 0.4) is 0 Å². The topological polar surface area (TPSA) is 118 Å². The van der Waals surface area contributed by atoms with E-state index in [2.05, 4.69) is 25.4 Å². The summed E-state index contributed by atoms with van der Waals surface area (Å²) in [6.45, 7) is 0. The van der Waals surface area contributed by atoms with Crippen LogP contribution >= 0.6 is 46.1 Å². The number of sulfonamides is 1. The Kier molecular flexibility index (Phi) is 6.26. The van der Waals surface area contributed by atoms with Gasteiger partial charge in [0.1, 0.15) is 5.69 Å². The molecule has 0 aliphatic carbocycles. The number of aryl methyl sites for hydroxylation is 1. The van der Waals surface area contributed by atoms with Gasteiger partial charge in [0.15, 0.2) is 10.2 Å². The standard InChI is InChI=1S/C15H13IN6O3S3/c1-22-12(11(16)8-18-22)13(23)20-14(26)19-9-2-4-10(5-3-9)28(24,25)21-15-17-6-7-27-15/h2-8H,1H3,(H,17,21)(H2,19,20,23,26). The van der Waals surface area contributed by atoms with Crippen LogP contribution in [0.5, 0.6) is 0 Å². The molecule has 0 fully saturated rings. The average Bonchev–Trinajstić information content (AvgIpc) is 3.24. The molecular formula is C15H13IN6O3S3. The first-order valence-electron chi connectivity index (χ1n) is 7.58. The van der Waals surface area contributed by atoms with E-state index in [1.807, 2.05) is 22.6 Å². The lowest BCUT2D eigenvalue weighted by molar-refractivity contribution is 0.0967. The normalized spacial score (nSPS) is 11.1. The van der Waals surface area contributed by atoms with Gasteiger partial charge in [0.25, 0.3) is 15.9 Å². The highest BCUT2D eigenvalue weighted by molar-refractivity contribution is 14.1. The van der Waals surface area contributed by atoms with Crippen molar-refractivity contribution >= 4 is 78.0 Å². The highest BCUT2D eigenvalue weighted by Gasteiger charge is 2.17. The summed E-state index contributed by atoms with van der Waals surface area (Å²) in [7, 11) is -2.07. The summed E-state index contributed by atoms with van der Waals surface area (Å²) in [5.74, 6) is -0.395. The molecule has 0 saturated heterocycles. The molecule has 2 heterocycles. The van der Waals surface area contributed by atoms with Crippen molar-refractivity contribution in [2.75, 3.05) is 10.0 Å². The zero-order valence-electron chi connectivity index (χ0n) is 14.2. The van der Waals surface area contributed by atoms with Crippen molar-refractivity contribution in [1.82, 2.24) is 20.1 Å². The van der Waals surface area contributed by atoms with Crippen molar-refractivity contribution < 1.29 is 13.2 Å². The third kappa shape index (κ3) is 4.84. The lowest BCUT2D eigenvalue weighted by atomic mass is 10.3. The number of hydrogen-bond acceptors (Lipinski definition) is 7. The average molecular weight is 548 g/mol. The number of carbonyl (C=O) groups excluding carboxylic acids is 1. The van der Waals surface area contributed by atoms with Crippen LogP contribution in [-0.2, 0) is 17.1 Å². The molecule has 0 aliphatic rings. The Labute approximate surface area is 183 Å². The number of benzene rings is 1. The molecule has 0 saturated carbocycles. The number of nitrogens with zero attached hydrogens (tertiary/aromatic N) is 3. The van der Waals surface area contributed by atoms with Crippen molar-refractivity contribution in [2.24, 2.45) is 7.05 Å². The molecule has 9 nitrogen and oxygen atoms in total. The highest BCUT2D eigenvalue weighted by Crippen LogP contribution is 2.19. The van der Waals surface area contributed by atoms with Crippen molar-refractivity contribution in [2.45, 2.75) is 4.90 Å². The molecule has 3 N–H and O–H groups in total. The second-order valence-corrected chi connectivity index (χ2v) is 9.49. The third-order valence-corrected chi connectivity index (χ3v) is 6.58. The largest absolute Gasteiger partial charge is 0.332 e. The van der Waals surface area contributed by atoms with Gasteiger partial charge in [-0.05, 0) is 59.1 Å². The molecule has 1 aromatic carbocycles. The predicted molar refractivity (Wildman–Crippen MR) is 119 cm³/mol. The summed E-state index contributed by atoms with van der Waals surface area (Å²) in [6, 6.07) is 5.94. The van der Waals surface area contributed by atoms with Crippen molar-refractivity contribution in [1.29, 1.82) is 0 Å². The number of carbonyl (C=O) groups is 1. The van der Waals surface area contributed by atoms with Gasteiger partial charge >= 0.3 is 0 Å². The fourth-order valence-electron chi connectivity index (χ4n) is 2.16. The minimum atomic E-state index is -3.73. The summed E-state index contributed by atoms with van der Waals surface area (Å²) in [5.41, 5.74) is 0.914. The summed E-state index contributed by atoms with van der Waals surface area (Å²) in [5, 5.41) is 11.5. The predicted octanol–water partition coefficient (Wildman–Crippen LogP) is 2.41. The number of amides is 1. The molecule has 0 atom stereocenters. The summed E-state index contributed by atoms with van der Waals surface area (Å²) in [6.07, 6.45) is 3.09. The van der Waals surface area contributed by atoms with Gasteiger partial charge in [-0.15, -0.1) is 11.3 Å². The van der Waals surface area contributed by atoms with Gasteiger partial charge in [-0.25, -0.2) is 13.4 Å². The van der Waals surface area contributed by atoms with Crippen LogP contribution in [0, 0.1) is 3.57 Å². The fourth-order valence-corrected chi connectivity index (χ4v) is 4.87. The number of nitrogens with one attached hydrogen (secondary N) is 3. The minimum Gasteiger partial charge on any atom is -0.332 e. The zero-order valence-corrected chi connectivity index (χ0v) is 18.8. The van der Waals surface area contributed by atoms with E-state index in [0.717, 1.165) is 0 Å². The first-order chi connectivity index (χ1) is 13.3. The van der Waals surface area contributed by atoms with E-state index in [1.54, 1.807) is 30.8 Å². The molecular weight excluding hydrogens is 535 g/mol. The summed E-state index contributed by atoms with van der Waals surface area (Å²) in [4.78, 5) is 16.3. The Morgan fingerprint density at radius 1 is 1.29 bits per heavy atom. The molecule has 2 aromatic heterocycles. The van der Waals surface area contributed by atoms with E-state index >= 15 is 0 Å². The Morgan fingerprint density at radius 2 is 2.00 bits per heavy atom. The van der Waals surface area contributed by atoms with Crippen LogP contribution in [0.15, 0.2) is 46.9 Å². The quantitative estimate of drug-likeness (QED) is 0.331. The van der Waals surface area contributed by atoms with E-state index in [-0.39, 0.29) is 15.1 Å². The second-order valence-electron chi connectivity index (χ2n) is 5.34. The SMILES string of the molecule is Cn1ncc(I)c1C(=O)NC(=S)Nc1ccc(S(=O)(=O)Nc2nccs2)cc1. The molecule has 0 radical (unpaired) electrons. The molecule has 0 spiro atoms. The second kappa shape index (κ2) is 8.50. The molecule has 0 bridgehead atoms. The number of aromatic nitrogens is 3. The van der Waals surface area contributed by atoms with Crippen LogP contribution in [0.4, 0.5) is 10.8 Å². The van der Waals surface area contributed by atoms with E-state index in [4.69, 9.17) is 12.2 Å². The number of halogens is 1. The van der Waals surface area contributed by atoms with Crippen LogP contribution in [0.25, 0.3) is 0 Å². The van der Waals surface area contributed by atoms with Gasteiger partial charge in [-0.1, -0.05) is 0 Å². The van der Waals surface area contributed by atoms with Gasteiger partial charge in [0, 0.05) is 24.3 Å². The monoisotopic (exact) mass is 548 g/mol. The smallest absolute Gasteiger partial charge is 0.276 e. The van der Waals surface area contributed by atoms with Gasteiger partial charge in [0.2, 0.25) is 0 Å². The van der Waals surface area contributed by atoms with Crippen LogP contribution < -0.4 is 15.4 Å². The molecule has 28 heavy (non-hydrogen) atoms.